The SMILES string of the molecule is [2H]c1c([2H])c(C(C)(C)C)c([2H])c([2H])c1-c1c([2H])c(C(C)(C)C)c([2H])c(-c2c([2H])c(C(C)(C)C)c([2H])c([2H])c2C(C)(C)C)c1N1c2cc(-n3c4ccc(C(C)(C)C)cc4c4cc(C(C)(C)C)ccc43)ccc2B2c3ccc(-n4c5c([2H])c([2H])c([2H])c([2H])c5c5c([2H])c([2H])c([2H])c([2H])c54)cc3N(c3c(-c4cc(C(C)(C)C)cc(C(C)(C)C)c4)cc(C(C)(C)C)cc3-c3ccccc3C(C)(C)C)c3cc(-c4cc(C(C)(C)C)cc(C(C)(C)C)c4)cc1c32. The van der Waals surface area contributed by atoms with Gasteiger partial charge in [0.1, 0.15) is 0 Å². The predicted molar refractivity (Wildman–Crippen MR) is 601 cm³/mol. The minimum atomic E-state index is -1.18. The molecule has 0 fully saturated rings. The van der Waals surface area contributed by atoms with Crippen LogP contribution in [0, 0.1) is 0 Å². The first kappa shape index (κ1) is 76.3. The number of para-hydroxylation sites is 2. The van der Waals surface area contributed by atoms with Crippen LogP contribution < -0.4 is 26.2 Å². The molecule has 2 aliphatic rings. The van der Waals surface area contributed by atoms with E-state index in [1.807, 2.05) is 95.2 Å². The van der Waals surface area contributed by atoms with Crippen molar-refractivity contribution in [2.75, 3.05) is 9.80 Å². The smallest absolute Gasteiger partial charge is 0.252 e. The van der Waals surface area contributed by atoms with Crippen molar-refractivity contribution in [3.05, 3.63) is 327 Å². The van der Waals surface area contributed by atoms with Crippen molar-refractivity contribution in [1.29, 1.82) is 0 Å². The molecule has 4 nitrogen and oxygen atoms in total. The molecule has 0 bridgehead atoms. The second kappa shape index (κ2) is 32.5. The Hall–Kier alpha value is -11.7. The highest BCUT2D eigenvalue weighted by Gasteiger charge is 2.48. The van der Waals surface area contributed by atoms with Crippen molar-refractivity contribution < 1.29 is 23.3 Å². The molecule has 0 atom stereocenters. The molecule has 18 rings (SSSR count). The third kappa shape index (κ3) is 17.3. The van der Waals surface area contributed by atoms with E-state index in [4.69, 9.17) is 0 Å². The van der Waals surface area contributed by atoms with E-state index in [1.54, 1.807) is 4.57 Å². The lowest BCUT2D eigenvalue weighted by Crippen LogP contribution is -2.61. The van der Waals surface area contributed by atoms with E-state index >= 15 is 0 Å². The molecule has 0 saturated heterocycles. The van der Waals surface area contributed by atoms with Gasteiger partial charge in [-0.05, 0) is 278 Å². The Morgan fingerprint density at radius 3 is 1.03 bits per heavy atom. The van der Waals surface area contributed by atoms with E-state index in [9.17, 15) is 23.3 Å². The zero-order valence-corrected chi connectivity index (χ0v) is 88.4. The Kier molecular flexibility index (Phi) is 18.1. The van der Waals surface area contributed by atoms with Crippen molar-refractivity contribution >= 4 is 101 Å². The van der Waals surface area contributed by atoms with Crippen molar-refractivity contribution in [1.82, 2.24) is 9.13 Å². The first-order valence-corrected chi connectivity index (χ1v) is 49.4. The number of aromatic nitrogens is 2. The summed E-state index contributed by atoms with van der Waals surface area (Å²) in [5.41, 5.74) is 13.3. The quantitative estimate of drug-likeness (QED) is 0.134. The second-order valence-electron chi connectivity index (χ2n) is 51.6. The van der Waals surface area contributed by atoms with Crippen LogP contribution in [-0.2, 0) is 65.0 Å². The van der Waals surface area contributed by atoms with E-state index in [-0.39, 0.29) is 131 Å². The summed E-state index contributed by atoms with van der Waals surface area (Å²) in [6.07, 6.45) is 0. The topological polar surface area (TPSA) is 16.3 Å². The van der Waals surface area contributed by atoms with Gasteiger partial charge in [0.2, 0.25) is 0 Å². The Bertz CT molecular complexity index is 8410. The molecule has 0 radical (unpaired) electrons. The third-order valence-electron chi connectivity index (χ3n) is 28.4. The van der Waals surface area contributed by atoms with Gasteiger partial charge in [-0.2, -0.15) is 0 Å². The van der Waals surface area contributed by atoms with Gasteiger partial charge in [0, 0.05) is 77.9 Å². The maximum absolute atomic E-state index is 12.1. The summed E-state index contributed by atoms with van der Waals surface area (Å²) in [4.78, 5) is 4.53. The first-order chi connectivity index (χ1) is 70.6. The second-order valence-corrected chi connectivity index (χ2v) is 51.6. The molecule has 16 aromatic rings. The Morgan fingerprint density at radius 2 is 0.591 bits per heavy atom. The molecule has 14 aromatic carbocycles. The standard InChI is InChI=1S/C132H151BN4/c1-121(2,3)84-51-49-80(50-52-84)99-74-92(129(25,26)27)77-105(101-71-85(122(4,5)6)53-58-107(101)132(34,35)36)119(99)136-114-79-95(135-112-61-54-86(123(7,8)9)72-102(112)103-73-87(124(10,11)12)55-62-113(103)135)57-60-108(114)133-109-59-56-94(134-110-47-41-38-44-97(110)98-45-39-42-48-111(98)134)78-115(109)137(117-68-82(67-116(136)118(117)133)81-63-88(125(13,14)15)69-89(64-81)126(16,17)18)120-100(83-65-90(127(19,20)21)70-91(66-83)128(22,23)24)75-93(130(28,29)30)76-104(120)96-43-37-40-46-106(96)131(31,32)33/h37-79H,1-36H3/i38D,39D,41D,42D,44D,45D,47D,48D,49D,50D,51D,52D,53D,58D,71D,74D,77D. The highest BCUT2D eigenvalue weighted by Crippen LogP contribution is 2.59. The van der Waals surface area contributed by atoms with Crippen LogP contribution in [0.25, 0.3) is 111 Å². The fraction of sp³-hybridized carbons (Fsp3) is 0.364. The molecular formula is C132H151BN4. The molecule has 5 heteroatoms. The van der Waals surface area contributed by atoms with Crippen LogP contribution in [0.5, 0.6) is 0 Å². The third-order valence-corrected chi connectivity index (χ3v) is 28.4. The summed E-state index contributed by atoms with van der Waals surface area (Å²) in [7, 11) is 0. The number of hydrogen-bond donors (Lipinski definition) is 0. The van der Waals surface area contributed by atoms with Crippen LogP contribution in [-0.4, -0.2) is 15.8 Å². The van der Waals surface area contributed by atoms with Gasteiger partial charge in [0.25, 0.3) is 6.71 Å². The van der Waals surface area contributed by atoms with E-state index in [2.05, 4.69) is 326 Å². The van der Waals surface area contributed by atoms with Gasteiger partial charge in [0.05, 0.1) is 56.7 Å². The van der Waals surface area contributed by atoms with Crippen LogP contribution in [0.3, 0.4) is 0 Å². The summed E-state index contributed by atoms with van der Waals surface area (Å²) in [6.45, 7) is 75.7. The maximum atomic E-state index is 12.1. The molecule has 0 aliphatic carbocycles. The predicted octanol–water partition coefficient (Wildman–Crippen LogP) is 35.9. The maximum Gasteiger partial charge on any atom is 0.252 e. The normalized spacial score (nSPS) is 15.7. The number of benzene rings is 14. The van der Waals surface area contributed by atoms with Crippen LogP contribution in [0.2, 0.25) is 0 Å². The minimum absolute atomic E-state index is 0.0436. The summed E-state index contributed by atoms with van der Waals surface area (Å²) in [5.74, 6) is 0. The molecule has 0 amide bonds. The van der Waals surface area contributed by atoms with Crippen molar-refractivity contribution in [3.8, 4) is 67.0 Å². The molecule has 0 unspecified atom stereocenters. The van der Waals surface area contributed by atoms with E-state index in [0.717, 1.165) is 94.1 Å². The summed E-state index contributed by atoms with van der Waals surface area (Å²) >= 11 is 0. The van der Waals surface area contributed by atoms with Gasteiger partial charge in [-0.15, -0.1) is 0 Å². The zero-order valence-electron chi connectivity index (χ0n) is 105. The molecule has 2 aliphatic heterocycles. The molecule has 4 heterocycles. The lowest BCUT2D eigenvalue weighted by Gasteiger charge is -2.46. The van der Waals surface area contributed by atoms with Crippen LogP contribution >= 0.6 is 0 Å². The Balaban J connectivity index is 1.21. The minimum Gasteiger partial charge on any atom is -0.310 e. The Labute approximate surface area is 846 Å². The average Bonchev–Trinajstić information content (AvgIpc) is 1.09. The van der Waals surface area contributed by atoms with Gasteiger partial charge in [-0.3, -0.25) is 0 Å². The average molecular weight is 1820 g/mol. The fourth-order valence-corrected chi connectivity index (χ4v) is 20.1. The van der Waals surface area contributed by atoms with Gasteiger partial charge >= 0.3 is 0 Å². The van der Waals surface area contributed by atoms with Gasteiger partial charge in [-0.25, -0.2) is 0 Å². The number of rotatable bonds is 9. The van der Waals surface area contributed by atoms with Crippen LogP contribution in [0.15, 0.2) is 260 Å². The highest BCUT2D eigenvalue weighted by molar-refractivity contribution is 7.00. The summed E-state index contributed by atoms with van der Waals surface area (Å²) in [6, 6.07) is 51.0. The lowest BCUT2D eigenvalue weighted by molar-refractivity contribution is 0.568. The van der Waals surface area contributed by atoms with Gasteiger partial charge in [-0.1, -0.05) is 413 Å². The molecule has 0 saturated carbocycles. The monoisotopic (exact) mass is 1820 g/mol. The molecule has 0 N–H and O–H groups in total. The van der Waals surface area contributed by atoms with Crippen molar-refractivity contribution in [2.45, 2.75) is 314 Å². The van der Waals surface area contributed by atoms with E-state index in [1.165, 1.54) is 0 Å². The van der Waals surface area contributed by atoms with Crippen molar-refractivity contribution in [3.63, 3.8) is 0 Å². The highest BCUT2D eigenvalue weighted by atomic mass is 15.2. The zero-order chi connectivity index (χ0) is 114. The van der Waals surface area contributed by atoms with Gasteiger partial charge < -0.3 is 18.9 Å². The number of anilines is 6. The molecule has 702 valence electrons. The van der Waals surface area contributed by atoms with E-state index < -0.39 is 121 Å². The summed E-state index contributed by atoms with van der Waals surface area (Å²) in [5, 5.41) is 1.81. The number of nitrogens with zero attached hydrogens (tertiary/aromatic N) is 4. The van der Waals surface area contributed by atoms with E-state index in [0.29, 0.717) is 56.1 Å². The van der Waals surface area contributed by atoms with Gasteiger partial charge in [0.15, 0.2) is 0 Å². The lowest BCUT2D eigenvalue weighted by atomic mass is 9.33. The molecule has 0 spiro atoms. The fourth-order valence-electron chi connectivity index (χ4n) is 20.1. The number of fused-ring (bicyclic) bond motifs is 10. The summed E-state index contributed by atoms with van der Waals surface area (Å²) < 4.78 is 184. The molecular weight excluding hydrogens is 1650 g/mol. The Morgan fingerprint density at radius 1 is 0.219 bits per heavy atom. The van der Waals surface area contributed by atoms with Crippen LogP contribution in [0.4, 0.5) is 34.1 Å². The first-order valence-electron chi connectivity index (χ1n) is 57.9. The molecule has 2 aromatic heterocycles. The number of hydrogen-bond acceptors (Lipinski definition) is 2. The molecule has 137 heavy (non-hydrogen) atoms. The van der Waals surface area contributed by atoms with Crippen molar-refractivity contribution in [2.24, 2.45) is 0 Å². The van der Waals surface area contributed by atoms with Crippen LogP contribution in [0.1, 0.15) is 339 Å². The largest absolute Gasteiger partial charge is 0.310 e.